The van der Waals surface area contributed by atoms with E-state index < -0.39 is 21.6 Å². The van der Waals surface area contributed by atoms with Gasteiger partial charge < -0.3 is 10.4 Å². The highest BCUT2D eigenvalue weighted by molar-refractivity contribution is 7.91. The summed E-state index contributed by atoms with van der Waals surface area (Å²) >= 11 is 0. The molecule has 1 fully saturated rings. The lowest BCUT2D eigenvalue weighted by molar-refractivity contribution is 0.0697. The van der Waals surface area contributed by atoms with Gasteiger partial charge in [-0.15, -0.1) is 0 Å². The molecule has 0 amide bonds. The number of pyridine rings is 1. The second-order valence-electron chi connectivity index (χ2n) is 4.50. The van der Waals surface area contributed by atoms with E-state index in [0.717, 1.165) is 12.3 Å². The van der Waals surface area contributed by atoms with Crippen molar-refractivity contribution >= 4 is 21.6 Å². The van der Waals surface area contributed by atoms with E-state index in [-0.39, 0.29) is 28.8 Å². The summed E-state index contributed by atoms with van der Waals surface area (Å²) in [4.78, 5) is 14.6. The Morgan fingerprint density at radius 2 is 2.32 bits per heavy atom. The van der Waals surface area contributed by atoms with Crippen molar-refractivity contribution in [3.63, 3.8) is 0 Å². The Morgan fingerprint density at radius 3 is 2.89 bits per heavy atom. The minimum Gasteiger partial charge on any atom is -0.478 e. The fourth-order valence-corrected chi connectivity index (χ4v) is 3.88. The van der Waals surface area contributed by atoms with Crippen molar-refractivity contribution in [1.82, 2.24) is 4.98 Å². The summed E-state index contributed by atoms with van der Waals surface area (Å²) in [6, 6.07) is 0.878. The zero-order valence-corrected chi connectivity index (χ0v) is 10.8. The lowest BCUT2D eigenvalue weighted by Gasteiger charge is -2.11. The summed E-state index contributed by atoms with van der Waals surface area (Å²) in [5.41, 5.74) is -0.263. The number of anilines is 1. The molecule has 1 aliphatic heterocycles. The minimum absolute atomic E-state index is 0.0539. The first-order chi connectivity index (χ1) is 8.87. The maximum atomic E-state index is 12.9. The third-order valence-corrected chi connectivity index (χ3v) is 4.81. The van der Waals surface area contributed by atoms with Gasteiger partial charge in [0.1, 0.15) is 17.2 Å². The molecule has 1 saturated heterocycles. The van der Waals surface area contributed by atoms with Gasteiger partial charge in [-0.3, -0.25) is 0 Å². The Balaban J connectivity index is 2.06. The average molecular weight is 288 g/mol. The van der Waals surface area contributed by atoms with Crippen molar-refractivity contribution in [3.8, 4) is 0 Å². The maximum Gasteiger partial charge on any atom is 0.339 e. The zero-order chi connectivity index (χ0) is 14.0. The third kappa shape index (κ3) is 3.40. The van der Waals surface area contributed by atoms with Gasteiger partial charge in [0.15, 0.2) is 9.84 Å². The first-order valence-corrected chi connectivity index (χ1v) is 7.52. The van der Waals surface area contributed by atoms with E-state index in [1.54, 1.807) is 0 Å². The molecule has 104 valence electrons. The fraction of sp³-hybridized carbons (Fsp3) is 0.455. The summed E-state index contributed by atoms with van der Waals surface area (Å²) < 4.78 is 35.5. The summed E-state index contributed by atoms with van der Waals surface area (Å²) in [5, 5.41) is 11.7. The monoisotopic (exact) mass is 288 g/mol. The van der Waals surface area contributed by atoms with Crippen LogP contribution in [0, 0.1) is 11.7 Å². The molecule has 1 unspecified atom stereocenters. The molecule has 1 aromatic heterocycles. The Hall–Kier alpha value is -1.70. The molecule has 1 aromatic rings. The number of aromatic nitrogens is 1. The molecule has 1 aliphatic rings. The van der Waals surface area contributed by atoms with Crippen LogP contribution in [0.3, 0.4) is 0 Å². The second-order valence-corrected chi connectivity index (χ2v) is 6.73. The number of hydrogen-bond donors (Lipinski definition) is 2. The molecule has 2 heterocycles. The van der Waals surface area contributed by atoms with Crippen molar-refractivity contribution in [2.75, 3.05) is 23.4 Å². The van der Waals surface area contributed by atoms with Crippen molar-refractivity contribution < 1.29 is 22.7 Å². The van der Waals surface area contributed by atoms with Gasteiger partial charge in [-0.05, 0) is 18.4 Å². The van der Waals surface area contributed by atoms with Gasteiger partial charge in [0.25, 0.3) is 0 Å². The summed E-state index contributed by atoms with van der Waals surface area (Å²) in [5.74, 6) is -1.79. The minimum atomic E-state index is -2.97. The number of carboxylic acids is 1. The van der Waals surface area contributed by atoms with Crippen LogP contribution in [0.1, 0.15) is 16.8 Å². The smallest absolute Gasteiger partial charge is 0.339 e. The van der Waals surface area contributed by atoms with Crippen LogP contribution < -0.4 is 5.32 Å². The largest absolute Gasteiger partial charge is 0.478 e. The number of nitrogens with zero attached hydrogens (tertiary/aromatic N) is 1. The van der Waals surface area contributed by atoms with Crippen molar-refractivity contribution in [3.05, 3.63) is 23.6 Å². The molecule has 2 rings (SSSR count). The number of rotatable bonds is 4. The SMILES string of the molecule is O=C(O)c1cc(F)cnc1NCC1CCS(=O)(=O)C1. The molecule has 0 aliphatic carbocycles. The number of sulfone groups is 1. The van der Waals surface area contributed by atoms with E-state index >= 15 is 0 Å². The summed E-state index contributed by atoms with van der Waals surface area (Å²) in [7, 11) is -2.97. The van der Waals surface area contributed by atoms with Crippen LogP contribution >= 0.6 is 0 Å². The quantitative estimate of drug-likeness (QED) is 0.849. The number of nitrogens with one attached hydrogen (secondary N) is 1. The molecule has 1 atom stereocenters. The Bertz CT molecular complexity index is 603. The number of hydrogen-bond acceptors (Lipinski definition) is 5. The molecule has 0 radical (unpaired) electrons. The standard InChI is InChI=1S/C11H13FN2O4S/c12-8-3-9(11(15)16)10(14-5-8)13-4-7-1-2-19(17,18)6-7/h3,5,7H,1-2,4,6H2,(H,13,14)(H,15,16). The topological polar surface area (TPSA) is 96.4 Å². The van der Waals surface area contributed by atoms with Gasteiger partial charge in [-0.1, -0.05) is 0 Å². The van der Waals surface area contributed by atoms with E-state index in [1.807, 2.05) is 0 Å². The fourth-order valence-electron chi connectivity index (χ4n) is 2.02. The molecule has 0 bridgehead atoms. The van der Waals surface area contributed by atoms with Crippen molar-refractivity contribution in [1.29, 1.82) is 0 Å². The van der Waals surface area contributed by atoms with E-state index in [0.29, 0.717) is 13.0 Å². The molecule has 8 heteroatoms. The molecular formula is C11H13FN2O4S. The van der Waals surface area contributed by atoms with Gasteiger partial charge in [-0.2, -0.15) is 0 Å². The lowest BCUT2D eigenvalue weighted by Crippen LogP contribution is -2.18. The molecular weight excluding hydrogens is 275 g/mol. The normalized spacial score (nSPS) is 21.2. The van der Waals surface area contributed by atoms with Crippen LogP contribution in [0.2, 0.25) is 0 Å². The predicted molar refractivity (Wildman–Crippen MR) is 66.4 cm³/mol. The number of carbonyl (C=O) groups is 1. The van der Waals surface area contributed by atoms with E-state index in [4.69, 9.17) is 5.11 Å². The van der Waals surface area contributed by atoms with Gasteiger partial charge >= 0.3 is 5.97 Å². The molecule has 0 aromatic carbocycles. The van der Waals surface area contributed by atoms with Crippen LogP contribution in [0.4, 0.5) is 10.2 Å². The zero-order valence-electron chi connectivity index (χ0n) is 9.97. The predicted octanol–water partition coefficient (Wildman–Crippen LogP) is 0.766. The molecule has 0 saturated carbocycles. The van der Waals surface area contributed by atoms with Crippen molar-refractivity contribution in [2.45, 2.75) is 6.42 Å². The van der Waals surface area contributed by atoms with Gasteiger partial charge in [0.05, 0.1) is 17.7 Å². The van der Waals surface area contributed by atoms with E-state index in [1.165, 1.54) is 0 Å². The summed E-state index contributed by atoms with van der Waals surface area (Å²) in [6.07, 6.45) is 1.46. The second kappa shape index (κ2) is 5.12. The van der Waals surface area contributed by atoms with Crippen LogP contribution in [0.5, 0.6) is 0 Å². The average Bonchev–Trinajstić information content (AvgIpc) is 2.67. The Labute approximate surface area is 109 Å². The third-order valence-electron chi connectivity index (χ3n) is 2.97. The highest BCUT2D eigenvalue weighted by Gasteiger charge is 2.28. The van der Waals surface area contributed by atoms with Gasteiger partial charge in [0, 0.05) is 6.54 Å². The van der Waals surface area contributed by atoms with Crippen LogP contribution in [0.15, 0.2) is 12.3 Å². The highest BCUT2D eigenvalue weighted by atomic mass is 32.2. The highest BCUT2D eigenvalue weighted by Crippen LogP contribution is 2.20. The Morgan fingerprint density at radius 1 is 1.58 bits per heavy atom. The van der Waals surface area contributed by atoms with Crippen molar-refractivity contribution in [2.24, 2.45) is 5.92 Å². The van der Waals surface area contributed by atoms with Crippen LogP contribution in [-0.4, -0.2) is 42.5 Å². The number of carboxylic acid groups (broad SMARTS) is 1. The molecule has 6 nitrogen and oxygen atoms in total. The first-order valence-electron chi connectivity index (χ1n) is 5.70. The maximum absolute atomic E-state index is 12.9. The summed E-state index contributed by atoms with van der Waals surface area (Å²) in [6.45, 7) is 0.304. The Kier molecular flexibility index (Phi) is 3.70. The van der Waals surface area contributed by atoms with Gasteiger partial charge in [0.2, 0.25) is 0 Å². The lowest BCUT2D eigenvalue weighted by atomic mass is 10.1. The van der Waals surface area contributed by atoms with E-state index in [2.05, 4.69) is 10.3 Å². The van der Waals surface area contributed by atoms with Crippen LogP contribution in [-0.2, 0) is 9.84 Å². The number of aromatic carboxylic acids is 1. The molecule has 19 heavy (non-hydrogen) atoms. The first kappa shape index (κ1) is 13.7. The molecule has 2 N–H and O–H groups in total. The molecule has 0 spiro atoms. The van der Waals surface area contributed by atoms with Gasteiger partial charge in [-0.25, -0.2) is 22.6 Å². The van der Waals surface area contributed by atoms with Crippen LogP contribution in [0.25, 0.3) is 0 Å². The number of halogens is 1. The van der Waals surface area contributed by atoms with E-state index in [9.17, 15) is 17.6 Å².